The number of hydrogen-bond donors (Lipinski definition) is 1. The number of hydrogen-bond acceptors (Lipinski definition) is 5. The van der Waals surface area contributed by atoms with E-state index in [1.165, 1.54) is 0 Å². The van der Waals surface area contributed by atoms with Crippen molar-refractivity contribution in [3.05, 3.63) is 40.3 Å². The van der Waals surface area contributed by atoms with E-state index >= 15 is 0 Å². The van der Waals surface area contributed by atoms with E-state index in [2.05, 4.69) is 31.1 Å². The van der Waals surface area contributed by atoms with Gasteiger partial charge in [0.2, 0.25) is 0 Å². The van der Waals surface area contributed by atoms with E-state index in [9.17, 15) is 0 Å². The molecule has 0 amide bonds. The van der Waals surface area contributed by atoms with Gasteiger partial charge in [0.05, 0.1) is 7.11 Å². The predicted molar refractivity (Wildman–Crippen MR) is 86.0 cm³/mol. The van der Waals surface area contributed by atoms with Gasteiger partial charge in [0, 0.05) is 35.3 Å². The Bertz CT molecular complexity index is 562. The molecule has 0 unspecified atom stereocenters. The van der Waals surface area contributed by atoms with Crippen LogP contribution in [-0.2, 0) is 13.2 Å². The Morgan fingerprint density at radius 2 is 2.10 bits per heavy atom. The molecule has 1 heterocycles. The van der Waals surface area contributed by atoms with E-state index < -0.39 is 0 Å². The van der Waals surface area contributed by atoms with Crippen molar-refractivity contribution in [1.29, 1.82) is 0 Å². The summed E-state index contributed by atoms with van der Waals surface area (Å²) in [4.78, 5) is 4.24. The molecule has 0 saturated heterocycles. The monoisotopic (exact) mass is 306 g/mol. The summed E-state index contributed by atoms with van der Waals surface area (Å²) in [5, 5.41) is 6.39. The van der Waals surface area contributed by atoms with E-state index in [0.29, 0.717) is 6.61 Å². The molecular weight excluding hydrogens is 284 g/mol. The zero-order chi connectivity index (χ0) is 15.3. The summed E-state index contributed by atoms with van der Waals surface area (Å²) in [6.07, 6.45) is 1.79. The van der Waals surface area contributed by atoms with Crippen LogP contribution in [0.4, 0.5) is 0 Å². The number of aromatic nitrogens is 1. The largest absolute Gasteiger partial charge is 0.497 e. The van der Waals surface area contributed by atoms with E-state index in [-0.39, 0.29) is 5.54 Å². The number of nitrogens with one attached hydrogen (secondary N) is 1. The van der Waals surface area contributed by atoms with Gasteiger partial charge in [-0.05, 0) is 26.8 Å². The Morgan fingerprint density at radius 1 is 1.29 bits per heavy atom. The van der Waals surface area contributed by atoms with Crippen LogP contribution >= 0.6 is 11.3 Å². The molecule has 1 aromatic carbocycles. The minimum absolute atomic E-state index is 0.0620. The van der Waals surface area contributed by atoms with Gasteiger partial charge in [0.15, 0.2) is 0 Å². The average Bonchev–Trinajstić information content (AvgIpc) is 2.95. The lowest BCUT2D eigenvalue weighted by molar-refractivity contribution is 0.297. The first-order chi connectivity index (χ1) is 9.98. The number of nitrogens with zero attached hydrogens (tertiary/aromatic N) is 1. The van der Waals surface area contributed by atoms with Gasteiger partial charge < -0.3 is 14.8 Å². The van der Waals surface area contributed by atoms with Crippen molar-refractivity contribution in [2.24, 2.45) is 0 Å². The number of methoxy groups -OCH3 is 1. The topological polar surface area (TPSA) is 43.4 Å². The third-order valence-corrected chi connectivity index (χ3v) is 3.67. The van der Waals surface area contributed by atoms with E-state index in [0.717, 1.165) is 28.6 Å². The lowest BCUT2D eigenvalue weighted by Crippen LogP contribution is -2.35. The second-order valence-corrected chi connectivity index (χ2v) is 6.77. The van der Waals surface area contributed by atoms with E-state index in [4.69, 9.17) is 9.47 Å². The molecule has 0 aliphatic rings. The summed E-state index contributed by atoms with van der Waals surface area (Å²) >= 11 is 1.59. The molecule has 114 valence electrons. The van der Waals surface area contributed by atoms with Crippen molar-refractivity contribution >= 4 is 11.3 Å². The molecule has 0 atom stereocenters. The van der Waals surface area contributed by atoms with Gasteiger partial charge in [0.1, 0.15) is 23.1 Å². The fraction of sp³-hybridized carbons (Fsp3) is 0.438. The van der Waals surface area contributed by atoms with Crippen LogP contribution in [0, 0.1) is 0 Å². The van der Waals surface area contributed by atoms with Gasteiger partial charge in [0.25, 0.3) is 0 Å². The first-order valence-electron chi connectivity index (χ1n) is 6.91. The Hall–Kier alpha value is -1.59. The molecular formula is C16H22N2O2S. The third kappa shape index (κ3) is 5.02. The molecule has 1 aromatic heterocycles. The minimum Gasteiger partial charge on any atom is -0.497 e. The van der Waals surface area contributed by atoms with Crippen molar-refractivity contribution in [2.45, 2.75) is 39.5 Å². The fourth-order valence-electron chi connectivity index (χ4n) is 1.77. The van der Waals surface area contributed by atoms with Crippen LogP contribution in [0.3, 0.4) is 0 Å². The van der Waals surface area contributed by atoms with Gasteiger partial charge in [-0.3, -0.25) is 0 Å². The molecule has 0 aliphatic heterocycles. The van der Waals surface area contributed by atoms with Crippen LogP contribution in [0.5, 0.6) is 11.5 Å². The highest BCUT2D eigenvalue weighted by atomic mass is 32.1. The molecule has 0 aliphatic carbocycles. The first kappa shape index (κ1) is 15.8. The van der Waals surface area contributed by atoms with Gasteiger partial charge in [-0.1, -0.05) is 6.07 Å². The highest BCUT2D eigenvalue weighted by Crippen LogP contribution is 2.26. The van der Waals surface area contributed by atoms with Crippen LogP contribution in [0.2, 0.25) is 0 Å². The number of benzene rings is 1. The zero-order valence-corrected chi connectivity index (χ0v) is 13.8. The molecule has 21 heavy (non-hydrogen) atoms. The van der Waals surface area contributed by atoms with E-state index in [1.54, 1.807) is 24.6 Å². The maximum atomic E-state index is 5.92. The quantitative estimate of drug-likeness (QED) is 0.885. The Kier molecular flexibility index (Phi) is 5.20. The molecule has 0 saturated carbocycles. The predicted octanol–water partition coefficient (Wildman–Crippen LogP) is 3.62. The number of rotatable bonds is 6. The van der Waals surface area contributed by atoms with Crippen molar-refractivity contribution in [2.75, 3.05) is 7.11 Å². The number of ether oxygens (including phenoxy) is 2. The van der Waals surface area contributed by atoms with E-state index in [1.807, 2.05) is 23.6 Å². The molecule has 0 bridgehead atoms. The summed E-state index contributed by atoms with van der Waals surface area (Å²) in [5.41, 5.74) is 1.18. The smallest absolute Gasteiger partial charge is 0.140 e. The summed E-state index contributed by atoms with van der Waals surface area (Å²) < 4.78 is 11.2. The van der Waals surface area contributed by atoms with Crippen LogP contribution in [0.15, 0.2) is 29.8 Å². The summed E-state index contributed by atoms with van der Waals surface area (Å²) in [7, 11) is 1.66. The SMILES string of the molecule is COc1ccc(CNC(C)(C)C)c(OCc2nccs2)c1. The van der Waals surface area contributed by atoms with Gasteiger partial charge in [-0.2, -0.15) is 0 Å². The lowest BCUT2D eigenvalue weighted by Gasteiger charge is -2.22. The third-order valence-electron chi connectivity index (χ3n) is 2.92. The van der Waals surface area contributed by atoms with Crippen LogP contribution in [0.25, 0.3) is 0 Å². The summed E-state index contributed by atoms with van der Waals surface area (Å²) in [6.45, 7) is 7.67. The lowest BCUT2D eigenvalue weighted by atomic mass is 10.1. The second-order valence-electron chi connectivity index (χ2n) is 5.79. The maximum Gasteiger partial charge on any atom is 0.140 e. The Morgan fingerprint density at radius 3 is 2.71 bits per heavy atom. The minimum atomic E-state index is 0.0620. The fourth-order valence-corrected chi connectivity index (χ4v) is 2.29. The molecule has 2 aromatic rings. The van der Waals surface area contributed by atoms with Crippen LogP contribution < -0.4 is 14.8 Å². The van der Waals surface area contributed by atoms with Crippen molar-refractivity contribution in [1.82, 2.24) is 10.3 Å². The zero-order valence-electron chi connectivity index (χ0n) is 13.0. The average molecular weight is 306 g/mol. The molecule has 2 rings (SSSR count). The van der Waals surface area contributed by atoms with Crippen molar-refractivity contribution in [3.8, 4) is 11.5 Å². The Balaban J connectivity index is 2.11. The maximum absolute atomic E-state index is 5.92. The second kappa shape index (κ2) is 6.91. The van der Waals surface area contributed by atoms with Crippen LogP contribution in [-0.4, -0.2) is 17.6 Å². The van der Waals surface area contributed by atoms with Crippen LogP contribution in [0.1, 0.15) is 31.3 Å². The van der Waals surface area contributed by atoms with Gasteiger partial charge in [-0.25, -0.2) is 4.98 Å². The molecule has 4 nitrogen and oxygen atoms in total. The summed E-state index contributed by atoms with van der Waals surface area (Å²) in [5.74, 6) is 1.63. The first-order valence-corrected chi connectivity index (χ1v) is 7.79. The normalized spacial score (nSPS) is 11.4. The van der Waals surface area contributed by atoms with Gasteiger partial charge in [-0.15, -0.1) is 11.3 Å². The molecule has 0 spiro atoms. The molecule has 0 radical (unpaired) electrons. The number of thiazole rings is 1. The van der Waals surface area contributed by atoms with Gasteiger partial charge >= 0.3 is 0 Å². The molecule has 0 fully saturated rings. The molecule has 1 N–H and O–H groups in total. The molecule has 5 heteroatoms. The Labute approximate surface area is 130 Å². The highest BCUT2D eigenvalue weighted by Gasteiger charge is 2.12. The highest BCUT2D eigenvalue weighted by molar-refractivity contribution is 7.09. The van der Waals surface area contributed by atoms with Crippen molar-refractivity contribution in [3.63, 3.8) is 0 Å². The standard InChI is InChI=1S/C16H22N2O2S/c1-16(2,3)18-10-12-5-6-13(19-4)9-14(12)20-11-15-17-7-8-21-15/h5-9,18H,10-11H2,1-4H3. The van der Waals surface area contributed by atoms with Crippen molar-refractivity contribution < 1.29 is 9.47 Å². The summed E-state index contributed by atoms with van der Waals surface area (Å²) in [6, 6.07) is 5.91.